The number of carbonyl (C=O) groups is 1. The van der Waals surface area contributed by atoms with Gasteiger partial charge in [0, 0.05) is 26.2 Å². The average molecular weight is 234 g/mol. The molecule has 1 amide bonds. The van der Waals surface area contributed by atoms with Crippen molar-refractivity contribution in [2.24, 2.45) is 0 Å². The predicted octanol–water partition coefficient (Wildman–Crippen LogP) is 1.71. The van der Waals surface area contributed by atoms with Gasteiger partial charge in [-0.15, -0.1) is 0 Å². The maximum atomic E-state index is 11.9. The zero-order valence-electron chi connectivity index (χ0n) is 10.3. The molecule has 0 spiro atoms. The van der Waals surface area contributed by atoms with Crippen LogP contribution in [0.15, 0.2) is 18.2 Å². The van der Waals surface area contributed by atoms with Crippen LogP contribution in [0, 0.1) is 13.8 Å². The largest absolute Gasteiger partial charge is 0.415 e. The van der Waals surface area contributed by atoms with Crippen molar-refractivity contribution in [1.82, 2.24) is 10.2 Å². The molecule has 1 aliphatic rings. The Kier molecular flexibility index (Phi) is 3.64. The highest BCUT2D eigenvalue weighted by Crippen LogP contribution is 2.21. The molecule has 1 aromatic carbocycles. The summed E-state index contributed by atoms with van der Waals surface area (Å²) in [7, 11) is 0. The van der Waals surface area contributed by atoms with Crippen LogP contribution in [0.5, 0.6) is 5.75 Å². The molecular formula is C13H18N2O2. The normalized spacial score (nSPS) is 15.8. The van der Waals surface area contributed by atoms with Crippen molar-refractivity contribution in [3.05, 3.63) is 29.3 Å². The lowest BCUT2D eigenvalue weighted by atomic mass is 10.1. The molecule has 0 radical (unpaired) electrons. The molecule has 0 atom stereocenters. The van der Waals surface area contributed by atoms with Gasteiger partial charge in [0.15, 0.2) is 0 Å². The van der Waals surface area contributed by atoms with Crippen LogP contribution < -0.4 is 10.1 Å². The maximum absolute atomic E-state index is 11.9. The molecule has 1 saturated heterocycles. The molecule has 1 N–H and O–H groups in total. The van der Waals surface area contributed by atoms with Gasteiger partial charge in [-0.3, -0.25) is 0 Å². The van der Waals surface area contributed by atoms with E-state index in [-0.39, 0.29) is 6.09 Å². The van der Waals surface area contributed by atoms with Gasteiger partial charge >= 0.3 is 6.09 Å². The smallest absolute Gasteiger partial charge is 0.410 e. The van der Waals surface area contributed by atoms with Gasteiger partial charge in [-0.05, 0) is 31.0 Å². The molecule has 0 saturated carbocycles. The SMILES string of the molecule is Cc1cccc(OC(=O)N2CCNCC2)c1C. The number of hydrogen-bond donors (Lipinski definition) is 1. The summed E-state index contributed by atoms with van der Waals surface area (Å²) in [6.07, 6.45) is -0.250. The van der Waals surface area contributed by atoms with Crippen molar-refractivity contribution in [2.75, 3.05) is 26.2 Å². The Morgan fingerprint density at radius 1 is 1.29 bits per heavy atom. The average Bonchev–Trinajstić information content (AvgIpc) is 2.36. The first-order valence-electron chi connectivity index (χ1n) is 5.92. The molecular weight excluding hydrogens is 216 g/mol. The summed E-state index contributed by atoms with van der Waals surface area (Å²) in [4.78, 5) is 13.6. The lowest BCUT2D eigenvalue weighted by Gasteiger charge is -2.26. The minimum Gasteiger partial charge on any atom is -0.410 e. The van der Waals surface area contributed by atoms with E-state index in [1.165, 1.54) is 0 Å². The summed E-state index contributed by atoms with van der Waals surface area (Å²) >= 11 is 0. The van der Waals surface area contributed by atoms with E-state index in [9.17, 15) is 4.79 Å². The van der Waals surface area contributed by atoms with Gasteiger partial charge in [-0.2, -0.15) is 0 Å². The molecule has 4 heteroatoms. The summed E-state index contributed by atoms with van der Waals surface area (Å²) < 4.78 is 5.42. The first-order valence-corrected chi connectivity index (χ1v) is 5.92. The number of nitrogens with one attached hydrogen (secondary N) is 1. The fourth-order valence-corrected chi connectivity index (χ4v) is 1.84. The van der Waals surface area contributed by atoms with E-state index in [4.69, 9.17) is 4.74 Å². The van der Waals surface area contributed by atoms with E-state index in [1.54, 1.807) is 4.90 Å². The number of hydrogen-bond acceptors (Lipinski definition) is 3. The van der Waals surface area contributed by atoms with Crippen LogP contribution in [0.4, 0.5) is 4.79 Å². The van der Waals surface area contributed by atoms with Crippen LogP contribution in [0.25, 0.3) is 0 Å². The second-order valence-electron chi connectivity index (χ2n) is 4.30. The molecule has 0 unspecified atom stereocenters. The summed E-state index contributed by atoms with van der Waals surface area (Å²) in [5.41, 5.74) is 2.16. The van der Waals surface area contributed by atoms with Crippen LogP contribution in [0.1, 0.15) is 11.1 Å². The molecule has 0 aromatic heterocycles. The minimum absolute atomic E-state index is 0.250. The van der Waals surface area contributed by atoms with Crippen molar-refractivity contribution in [2.45, 2.75) is 13.8 Å². The molecule has 92 valence electrons. The number of nitrogens with zero attached hydrogens (tertiary/aromatic N) is 1. The third-order valence-corrected chi connectivity index (χ3v) is 3.13. The van der Waals surface area contributed by atoms with E-state index in [1.807, 2.05) is 32.0 Å². The van der Waals surface area contributed by atoms with Crippen molar-refractivity contribution in [3.8, 4) is 5.75 Å². The highest BCUT2D eigenvalue weighted by atomic mass is 16.6. The minimum atomic E-state index is -0.250. The molecule has 0 aliphatic carbocycles. The Morgan fingerprint density at radius 2 is 2.00 bits per heavy atom. The quantitative estimate of drug-likeness (QED) is 0.804. The number of benzene rings is 1. The summed E-state index contributed by atoms with van der Waals surface area (Å²) in [5, 5.41) is 3.20. The first kappa shape index (κ1) is 11.9. The van der Waals surface area contributed by atoms with Crippen LogP contribution in [0.2, 0.25) is 0 Å². The van der Waals surface area contributed by atoms with Crippen molar-refractivity contribution >= 4 is 6.09 Å². The van der Waals surface area contributed by atoms with E-state index < -0.39 is 0 Å². The Hall–Kier alpha value is -1.55. The van der Waals surface area contributed by atoms with Crippen LogP contribution in [0.3, 0.4) is 0 Å². The van der Waals surface area contributed by atoms with Crippen LogP contribution in [-0.4, -0.2) is 37.2 Å². The Morgan fingerprint density at radius 3 is 2.71 bits per heavy atom. The van der Waals surface area contributed by atoms with Crippen LogP contribution >= 0.6 is 0 Å². The third-order valence-electron chi connectivity index (χ3n) is 3.13. The topological polar surface area (TPSA) is 41.6 Å². The number of ether oxygens (including phenoxy) is 1. The number of carbonyl (C=O) groups excluding carboxylic acids is 1. The summed E-state index contributed by atoms with van der Waals surface area (Å²) in [6.45, 7) is 7.07. The zero-order valence-corrected chi connectivity index (χ0v) is 10.3. The Labute approximate surface area is 102 Å². The van der Waals surface area contributed by atoms with Gasteiger partial charge in [-0.25, -0.2) is 4.79 Å². The lowest BCUT2D eigenvalue weighted by Crippen LogP contribution is -2.47. The first-order chi connectivity index (χ1) is 8.18. The predicted molar refractivity (Wildman–Crippen MR) is 66.4 cm³/mol. The maximum Gasteiger partial charge on any atom is 0.415 e. The molecule has 1 heterocycles. The number of rotatable bonds is 1. The molecule has 2 rings (SSSR count). The van der Waals surface area contributed by atoms with E-state index in [0.29, 0.717) is 18.8 Å². The Bertz CT molecular complexity index is 412. The lowest BCUT2D eigenvalue weighted by molar-refractivity contribution is 0.145. The highest BCUT2D eigenvalue weighted by Gasteiger charge is 2.18. The van der Waals surface area contributed by atoms with Crippen molar-refractivity contribution in [1.29, 1.82) is 0 Å². The van der Waals surface area contributed by atoms with E-state index >= 15 is 0 Å². The van der Waals surface area contributed by atoms with E-state index in [2.05, 4.69) is 5.32 Å². The number of piperazine rings is 1. The highest BCUT2D eigenvalue weighted by molar-refractivity contribution is 5.71. The fraction of sp³-hybridized carbons (Fsp3) is 0.462. The van der Waals surface area contributed by atoms with Crippen molar-refractivity contribution < 1.29 is 9.53 Å². The number of amides is 1. The van der Waals surface area contributed by atoms with Crippen molar-refractivity contribution in [3.63, 3.8) is 0 Å². The Balaban J connectivity index is 2.04. The zero-order chi connectivity index (χ0) is 12.3. The molecule has 4 nitrogen and oxygen atoms in total. The van der Waals surface area contributed by atoms with Gasteiger partial charge in [0.1, 0.15) is 5.75 Å². The summed E-state index contributed by atoms with van der Waals surface area (Å²) in [6, 6.07) is 5.75. The molecule has 17 heavy (non-hydrogen) atoms. The van der Waals surface area contributed by atoms with Gasteiger partial charge in [0.05, 0.1) is 0 Å². The molecule has 1 aromatic rings. The fourth-order valence-electron chi connectivity index (χ4n) is 1.84. The summed E-state index contributed by atoms with van der Waals surface area (Å²) in [5.74, 6) is 0.661. The standard InChI is InChI=1S/C13H18N2O2/c1-10-4-3-5-12(11(10)2)17-13(16)15-8-6-14-7-9-15/h3-5,14H,6-9H2,1-2H3. The van der Waals surface area contributed by atoms with Gasteiger partial charge in [0.25, 0.3) is 0 Å². The molecule has 1 aliphatic heterocycles. The van der Waals surface area contributed by atoms with Crippen LogP contribution in [-0.2, 0) is 0 Å². The second-order valence-corrected chi connectivity index (χ2v) is 4.30. The second kappa shape index (κ2) is 5.19. The number of aryl methyl sites for hydroxylation is 1. The molecule has 0 bridgehead atoms. The van der Waals surface area contributed by atoms with E-state index in [0.717, 1.165) is 24.2 Å². The van der Waals surface area contributed by atoms with Gasteiger partial charge in [-0.1, -0.05) is 12.1 Å². The van der Waals surface area contributed by atoms with Gasteiger partial charge < -0.3 is 15.0 Å². The van der Waals surface area contributed by atoms with Gasteiger partial charge in [0.2, 0.25) is 0 Å². The third kappa shape index (κ3) is 2.77. The monoisotopic (exact) mass is 234 g/mol. The molecule has 1 fully saturated rings.